The molecule has 4 nitrogen and oxygen atoms in total. The fraction of sp³-hybridized carbons (Fsp3) is 0.500. The van der Waals surface area contributed by atoms with Crippen molar-refractivity contribution in [3.05, 3.63) is 48.6 Å². The number of hydrogen-bond donors (Lipinski definition) is 2. The zero-order valence-corrected chi connectivity index (χ0v) is 14.6. The van der Waals surface area contributed by atoms with Crippen LogP contribution in [0.1, 0.15) is 58.3 Å². The normalized spacial score (nSPS) is 13.6. The third-order valence-corrected chi connectivity index (χ3v) is 3.30. The Bertz CT molecular complexity index is 458. The summed E-state index contributed by atoms with van der Waals surface area (Å²) in [6.07, 6.45) is 19.6. The Morgan fingerprint density at radius 1 is 0.958 bits per heavy atom. The molecule has 0 aromatic rings. The van der Waals surface area contributed by atoms with Gasteiger partial charge in [-0.2, -0.15) is 0 Å². The largest absolute Gasteiger partial charge is 0.481 e. The van der Waals surface area contributed by atoms with E-state index in [2.05, 4.69) is 6.92 Å². The summed E-state index contributed by atoms with van der Waals surface area (Å²) in [5, 5.41) is 18.2. The van der Waals surface area contributed by atoms with E-state index < -0.39 is 5.97 Å². The highest BCUT2D eigenvalue weighted by molar-refractivity contribution is 5.90. The molecule has 0 aromatic heterocycles. The summed E-state index contributed by atoms with van der Waals surface area (Å²) >= 11 is 0. The summed E-state index contributed by atoms with van der Waals surface area (Å²) < 4.78 is 0. The van der Waals surface area contributed by atoms with Gasteiger partial charge in [0.25, 0.3) is 0 Å². The number of aliphatic carboxylic acids is 1. The SMILES string of the molecule is CCCCCC(O)C=CC=CCC=CC=CC(=O)CCCC(=O)O. The molecular weight excluding hydrogens is 304 g/mol. The van der Waals surface area contributed by atoms with Crippen molar-refractivity contribution in [2.45, 2.75) is 64.4 Å². The van der Waals surface area contributed by atoms with Crippen LogP contribution in [0.5, 0.6) is 0 Å². The van der Waals surface area contributed by atoms with E-state index >= 15 is 0 Å². The van der Waals surface area contributed by atoms with E-state index in [0.717, 1.165) is 32.1 Å². The number of carboxylic acid groups (broad SMARTS) is 1. The van der Waals surface area contributed by atoms with Crippen LogP contribution in [0.3, 0.4) is 0 Å². The number of aliphatic hydroxyl groups is 1. The summed E-state index contributed by atoms with van der Waals surface area (Å²) in [6.45, 7) is 2.14. The summed E-state index contributed by atoms with van der Waals surface area (Å²) in [5.74, 6) is -0.933. The molecule has 0 aliphatic heterocycles. The standard InChI is InChI=1S/C20H30O4/c1-2-3-9-13-18(21)14-10-7-5-4-6-8-11-15-19(22)16-12-17-20(23)24/h5-8,10-11,14-15,18,21H,2-4,9,12-13,16-17H2,1H3,(H,23,24). The van der Waals surface area contributed by atoms with E-state index in [9.17, 15) is 14.7 Å². The predicted molar refractivity (Wildman–Crippen MR) is 97.8 cm³/mol. The van der Waals surface area contributed by atoms with Crippen LogP contribution in [-0.4, -0.2) is 28.1 Å². The Hall–Kier alpha value is -1.94. The highest BCUT2D eigenvalue weighted by Crippen LogP contribution is 2.04. The molecule has 0 amide bonds. The van der Waals surface area contributed by atoms with Gasteiger partial charge in [-0.05, 0) is 25.3 Å². The zero-order valence-electron chi connectivity index (χ0n) is 14.6. The third kappa shape index (κ3) is 16.4. The summed E-state index contributed by atoms with van der Waals surface area (Å²) in [6, 6.07) is 0. The number of hydrogen-bond acceptors (Lipinski definition) is 3. The maximum absolute atomic E-state index is 11.4. The van der Waals surface area contributed by atoms with E-state index in [0.29, 0.717) is 6.42 Å². The number of carbonyl (C=O) groups excluding carboxylic acids is 1. The minimum atomic E-state index is -0.874. The topological polar surface area (TPSA) is 74.6 Å². The van der Waals surface area contributed by atoms with Gasteiger partial charge in [-0.3, -0.25) is 9.59 Å². The first-order chi connectivity index (χ1) is 11.6. The van der Waals surface area contributed by atoms with E-state index in [1.54, 1.807) is 18.2 Å². The molecule has 0 saturated carbocycles. The first kappa shape index (κ1) is 22.1. The van der Waals surface area contributed by atoms with Crippen LogP contribution < -0.4 is 0 Å². The van der Waals surface area contributed by atoms with Gasteiger partial charge in [0.05, 0.1) is 6.10 Å². The van der Waals surface area contributed by atoms with Crippen LogP contribution in [0.15, 0.2) is 48.6 Å². The van der Waals surface area contributed by atoms with Crippen LogP contribution in [0.4, 0.5) is 0 Å². The van der Waals surface area contributed by atoms with E-state index in [4.69, 9.17) is 5.11 Å². The summed E-state index contributed by atoms with van der Waals surface area (Å²) in [5.41, 5.74) is 0. The smallest absolute Gasteiger partial charge is 0.303 e. The molecule has 0 radical (unpaired) electrons. The van der Waals surface area contributed by atoms with Crippen molar-refractivity contribution in [3.63, 3.8) is 0 Å². The molecular formula is C20H30O4. The van der Waals surface area contributed by atoms with Crippen molar-refractivity contribution in [3.8, 4) is 0 Å². The van der Waals surface area contributed by atoms with Gasteiger partial charge in [0.1, 0.15) is 0 Å². The number of rotatable bonds is 14. The predicted octanol–water partition coefficient (Wildman–Crippen LogP) is 4.37. The quantitative estimate of drug-likeness (QED) is 0.281. The molecule has 0 aliphatic rings. The zero-order chi connectivity index (χ0) is 18.0. The monoisotopic (exact) mass is 334 g/mol. The molecule has 0 saturated heterocycles. The Morgan fingerprint density at radius 2 is 1.67 bits per heavy atom. The van der Waals surface area contributed by atoms with E-state index in [1.165, 1.54) is 6.08 Å². The Morgan fingerprint density at radius 3 is 2.33 bits per heavy atom. The molecule has 2 N–H and O–H groups in total. The Balaban J connectivity index is 3.78. The fourth-order valence-corrected chi connectivity index (χ4v) is 1.95. The van der Waals surface area contributed by atoms with Gasteiger partial charge in [0, 0.05) is 12.8 Å². The molecule has 0 fully saturated rings. The minimum absolute atomic E-state index is 0.0288. The first-order valence-corrected chi connectivity index (χ1v) is 8.65. The molecule has 0 aromatic carbocycles. The molecule has 0 bridgehead atoms. The highest BCUT2D eigenvalue weighted by Gasteiger charge is 2.00. The summed E-state index contributed by atoms with van der Waals surface area (Å²) in [7, 11) is 0. The fourth-order valence-electron chi connectivity index (χ4n) is 1.95. The highest BCUT2D eigenvalue weighted by atomic mass is 16.4. The molecule has 1 unspecified atom stereocenters. The number of ketones is 1. The average molecular weight is 334 g/mol. The number of carbonyl (C=O) groups is 2. The van der Waals surface area contributed by atoms with Gasteiger partial charge < -0.3 is 10.2 Å². The lowest BCUT2D eigenvalue weighted by atomic mass is 10.1. The molecule has 0 rings (SSSR count). The Kier molecular flexibility index (Phi) is 14.6. The molecule has 4 heteroatoms. The van der Waals surface area contributed by atoms with Gasteiger partial charge in [-0.1, -0.05) is 68.7 Å². The molecule has 1 atom stereocenters. The lowest BCUT2D eigenvalue weighted by Gasteiger charge is -2.02. The van der Waals surface area contributed by atoms with Gasteiger partial charge >= 0.3 is 5.97 Å². The summed E-state index contributed by atoms with van der Waals surface area (Å²) in [4.78, 5) is 21.7. The minimum Gasteiger partial charge on any atom is -0.481 e. The maximum Gasteiger partial charge on any atom is 0.303 e. The third-order valence-electron chi connectivity index (χ3n) is 3.30. The van der Waals surface area contributed by atoms with Gasteiger partial charge in [0.15, 0.2) is 5.78 Å². The van der Waals surface area contributed by atoms with Crippen molar-refractivity contribution in [2.75, 3.05) is 0 Å². The van der Waals surface area contributed by atoms with Crippen molar-refractivity contribution >= 4 is 11.8 Å². The van der Waals surface area contributed by atoms with Crippen LogP contribution in [0.2, 0.25) is 0 Å². The second kappa shape index (κ2) is 15.9. The van der Waals surface area contributed by atoms with Crippen molar-refractivity contribution in [1.82, 2.24) is 0 Å². The number of allylic oxidation sites excluding steroid dienone is 7. The second-order valence-corrected chi connectivity index (χ2v) is 5.61. The molecule has 0 aliphatic carbocycles. The maximum atomic E-state index is 11.4. The molecule has 134 valence electrons. The van der Waals surface area contributed by atoms with Crippen molar-refractivity contribution in [1.29, 1.82) is 0 Å². The average Bonchev–Trinajstić information content (AvgIpc) is 2.53. The van der Waals surface area contributed by atoms with Crippen molar-refractivity contribution in [2.24, 2.45) is 0 Å². The Labute approximate surface area is 145 Å². The number of carboxylic acids is 1. The van der Waals surface area contributed by atoms with Gasteiger partial charge in [0.2, 0.25) is 0 Å². The van der Waals surface area contributed by atoms with Crippen LogP contribution in [0.25, 0.3) is 0 Å². The van der Waals surface area contributed by atoms with Gasteiger partial charge in [-0.25, -0.2) is 0 Å². The molecule has 24 heavy (non-hydrogen) atoms. The van der Waals surface area contributed by atoms with E-state index in [1.807, 2.05) is 24.3 Å². The van der Waals surface area contributed by atoms with Crippen LogP contribution >= 0.6 is 0 Å². The lowest BCUT2D eigenvalue weighted by Crippen LogP contribution is -2.00. The van der Waals surface area contributed by atoms with Crippen molar-refractivity contribution < 1.29 is 19.8 Å². The second-order valence-electron chi connectivity index (χ2n) is 5.61. The lowest BCUT2D eigenvalue weighted by molar-refractivity contribution is -0.137. The molecule has 0 spiro atoms. The first-order valence-electron chi connectivity index (χ1n) is 8.65. The number of unbranched alkanes of at least 4 members (excludes halogenated alkanes) is 2. The van der Waals surface area contributed by atoms with E-state index in [-0.39, 0.29) is 24.7 Å². The van der Waals surface area contributed by atoms with Gasteiger partial charge in [-0.15, -0.1) is 0 Å². The molecule has 0 heterocycles. The number of aliphatic hydroxyl groups excluding tert-OH is 1. The van der Waals surface area contributed by atoms with Crippen LogP contribution in [0, 0.1) is 0 Å². The van der Waals surface area contributed by atoms with Crippen LogP contribution in [-0.2, 0) is 9.59 Å².